The molecule has 0 aliphatic carbocycles. The Kier molecular flexibility index (Phi) is 4.56. The molecular formula is C17H19BrN2O. The molecule has 1 unspecified atom stereocenters. The van der Waals surface area contributed by atoms with Crippen LogP contribution < -0.4 is 4.74 Å². The summed E-state index contributed by atoms with van der Waals surface area (Å²) in [5.74, 6) is 0.701. The van der Waals surface area contributed by atoms with Crippen molar-refractivity contribution >= 4 is 15.9 Å². The minimum atomic E-state index is 0.222. The molecule has 0 saturated carbocycles. The van der Waals surface area contributed by atoms with E-state index in [0.717, 1.165) is 36.1 Å². The second-order valence-electron chi connectivity index (χ2n) is 5.55. The topological polar surface area (TPSA) is 25.4 Å². The second kappa shape index (κ2) is 6.58. The summed E-state index contributed by atoms with van der Waals surface area (Å²) in [6.45, 7) is 5.04. The fourth-order valence-electron chi connectivity index (χ4n) is 2.64. The summed E-state index contributed by atoms with van der Waals surface area (Å²) in [5.41, 5.74) is 2.49. The number of hydrogen-bond donors (Lipinski definition) is 0. The summed E-state index contributed by atoms with van der Waals surface area (Å²) in [7, 11) is 0. The first-order chi connectivity index (χ1) is 10.2. The zero-order valence-corrected chi connectivity index (χ0v) is 13.7. The lowest BCUT2D eigenvalue weighted by Gasteiger charge is -2.17. The Morgan fingerprint density at radius 2 is 2.14 bits per heavy atom. The third-order valence-corrected chi connectivity index (χ3v) is 4.27. The van der Waals surface area contributed by atoms with Gasteiger partial charge < -0.3 is 4.74 Å². The summed E-state index contributed by atoms with van der Waals surface area (Å²) in [6, 6.07) is 12.6. The molecule has 2 aromatic rings. The summed E-state index contributed by atoms with van der Waals surface area (Å²) >= 11 is 3.52. The van der Waals surface area contributed by atoms with Gasteiger partial charge in [0.25, 0.3) is 0 Å². The van der Waals surface area contributed by atoms with Crippen molar-refractivity contribution in [2.75, 3.05) is 13.1 Å². The molecule has 0 N–H and O–H groups in total. The van der Waals surface area contributed by atoms with E-state index < -0.39 is 0 Å². The zero-order valence-electron chi connectivity index (χ0n) is 12.1. The summed E-state index contributed by atoms with van der Waals surface area (Å²) in [6.07, 6.45) is 3.12. The summed E-state index contributed by atoms with van der Waals surface area (Å²) < 4.78 is 6.96. The molecule has 1 aromatic carbocycles. The average Bonchev–Trinajstić information content (AvgIpc) is 2.90. The van der Waals surface area contributed by atoms with Crippen LogP contribution in [-0.4, -0.2) is 29.1 Å². The van der Waals surface area contributed by atoms with Crippen LogP contribution in [0.15, 0.2) is 47.1 Å². The Bertz CT molecular complexity index is 603. The van der Waals surface area contributed by atoms with Gasteiger partial charge in [-0.25, -0.2) is 4.98 Å². The predicted molar refractivity (Wildman–Crippen MR) is 87.4 cm³/mol. The van der Waals surface area contributed by atoms with E-state index in [-0.39, 0.29) is 6.10 Å². The van der Waals surface area contributed by atoms with Gasteiger partial charge in [-0.3, -0.25) is 4.90 Å². The largest absolute Gasteiger partial charge is 0.472 e. The molecular weight excluding hydrogens is 328 g/mol. The smallest absolute Gasteiger partial charge is 0.228 e. The Balaban J connectivity index is 1.57. The SMILES string of the molecule is Cc1cnc(OC2CCN(Cc3ccccc3)C2)c(Br)c1. The number of aryl methyl sites for hydroxylation is 1. The van der Waals surface area contributed by atoms with Crippen molar-refractivity contribution in [1.82, 2.24) is 9.88 Å². The van der Waals surface area contributed by atoms with Crippen LogP contribution in [0.2, 0.25) is 0 Å². The molecule has 1 saturated heterocycles. The molecule has 1 aromatic heterocycles. The molecule has 1 fully saturated rings. The Hall–Kier alpha value is -1.39. The van der Waals surface area contributed by atoms with Crippen LogP contribution in [0.25, 0.3) is 0 Å². The number of hydrogen-bond acceptors (Lipinski definition) is 3. The van der Waals surface area contributed by atoms with E-state index in [1.54, 1.807) is 0 Å². The minimum absolute atomic E-state index is 0.222. The van der Waals surface area contributed by atoms with Gasteiger partial charge in [0.05, 0.1) is 4.47 Å². The predicted octanol–water partition coefficient (Wildman–Crippen LogP) is 3.81. The van der Waals surface area contributed by atoms with Crippen molar-refractivity contribution in [3.63, 3.8) is 0 Å². The molecule has 4 heteroatoms. The molecule has 3 nitrogen and oxygen atoms in total. The second-order valence-corrected chi connectivity index (χ2v) is 6.40. The van der Waals surface area contributed by atoms with E-state index in [2.05, 4.69) is 56.1 Å². The van der Waals surface area contributed by atoms with Gasteiger partial charge in [0.1, 0.15) is 6.10 Å². The van der Waals surface area contributed by atoms with Gasteiger partial charge in [0, 0.05) is 25.8 Å². The van der Waals surface area contributed by atoms with Gasteiger partial charge >= 0.3 is 0 Å². The van der Waals surface area contributed by atoms with Crippen molar-refractivity contribution in [1.29, 1.82) is 0 Å². The molecule has 0 radical (unpaired) electrons. The first kappa shape index (κ1) is 14.5. The van der Waals surface area contributed by atoms with Gasteiger partial charge in [-0.1, -0.05) is 30.3 Å². The number of pyridine rings is 1. The van der Waals surface area contributed by atoms with E-state index in [1.165, 1.54) is 5.56 Å². The van der Waals surface area contributed by atoms with Crippen LogP contribution in [0.3, 0.4) is 0 Å². The normalized spacial score (nSPS) is 18.9. The zero-order chi connectivity index (χ0) is 14.7. The van der Waals surface area contributed by atoms with Gasteiger partial charge in [-0.15, -0.1) is 0 Å². The highest BCUT2D eigenvalue weighted by molar-refractivity contribution is 9.10. The van der Waals surface area contributed by atoms with E-state index in [0.29, 0.717) is 5.88 Å². The van der Waals surface area contributed by atoms with Crippen molar-refractivity contribution in [3.05, 3.63) is 58.2 Å². The maximum absolute atomic E-state index is 6.03. The quantitative estimate of drug-likeness (QED) is 0.841. The first-order valence-electron chi connectivity index (χ1n) is 7.26. The molecule has 0 spiro atoms. The Morgan fingerprint density at radius 3 is 2.90 bits per heavy atom. The lowest BCUT2D eigenvalue weighted by Crippen LogP contribution is -2.24. The van der Waals surface area contributed by atoms with Crippen LogP contribution in [-0.2, 0) is 6.54 Å². The number of halogens is 1. The molecule has 0 bridgehead atoms. The molecule has 2 heterocycles. The maximum Gasteiger partial charge on any atom is 0.228 e. The number of benzene rings is 1. The number of nitrogens with zero attached hydrogens (tertiary/aromatic N) is 2. The van der Waals surface area contributed by atoms with E-state index in [1.807, 2.05) is 19.2 Å². The van der Waals surface area contributed by atoms with Crippen molar-refractivity contribution < 1.29 is 4.74 Å². The molecule has 3 rings (SSSR count). The van der Waals surface area contributed by atoms with Gasteiger partial charge in [0.2, 0.25) is 5.88 Å². The maximum atomic E-state index is 6.03. The van der Waals surface area contributed by atoms with Crippen LogP contribution in [0.1, 0.15) is 17.5 Å². The van der Waals surface area contributed by atoms with Crippen molar-refractivity contribution in [2.24, 2.45) is 0 Å². The Morgan fingerprint density at radius 1 is 1.33 bits per heavy atom. The summed E-state index contributed by atoms with van der Waals surface area (Å²) in [4.78, 5) is 6.80. The number of ether oxygens (including phenoxy) is 1. The first-order valence-corrected chi connectivity index (χ1v) is 8.05. The molecule has 1 atom stereocenters. The lowest BCUT2D eigenvalue weighted by atomic mass is 10.2. The van der Waals surface area contributed by atoms with Gasteiger partial charge in [-0.2, -0.15) is 0 Å². The fourth-order valence-corrected chi connectivity index (χ4v) is 3.20. The van der Waals surface area contributed by atoms with Crippen molar-refractivity contribution in [2.45, 2.75) is 26.0 Å². The number of rotatable bonds is 4. The van der Waals surface area contributed by atoms with Gasteiger partial charge in [-0.05, 0) is 46.5 Å². The van der Waals surface area contributed by atoms with E-state index >= 15 is 0 Å². The molecule has 1 aliphatic heterocycles. The van der Waals surface area contributed by atoms with Crippen LogP contribution in [0, 0.1) is 6.92 Å². The monoisotopic (exact) mass is 346 g/mol. The van der Waals surface area contributed by atoms with Crippen LogP contribution >= 0.6 is 15.9 Å². The summed E-state index contributed by atoms with van der Waals surface area (Å²) in [5, 5.41) is 0. The third-order valence-electron chi connectivity index (χ3n) is 3.70. The Labute approximate surface area is 134 Å². The molecule has 1 aliphatic rings. The van der Waals surface area contributed by atoms with Gasteiger partial charge in [0.15, 0.2) is 0 Å². The number of aromatic nitrogens is 1. The molecule has 110 valence electrons. The molecule has 0 amide bonds. The highest BCUT2D eigenvalue weighted by Crippen LogP contribution is 2.26. The van der Waals surface area contributed by atoms with Crippen molar-refractivity contribution in [3.8, 4) is 5.88 Å². The molecule has 21 heavy (non-hydrogen) atoms. The minimum Gasteiger partial charge on any atom is -0.472 e. The standard InChI is InChI=1S/C17H19BrN2O/c1-13-9-16(18)17(19-10-13)21-15-7-8-20(12-15)11-14-5-3-2-4-6-14/h2-6,9-10,15H,7-8,11-12H2,1H3. The lowest BCUT2D eigenvalue weighted by molar-refractivity contribution is 0.190. The number of likely N-dealkylation sites (tertiary alicyclic amines) is 1. The van der Waals surface area contributed by atoms with E-state index in [4.69, 9.17) is 4.74 Å². The van der Waals surface area contributed by atoms with Crippen LogP contribution in [0.4, 0.5) is 0 Å². The van der Waals surface area contributed by atoms with Crippen LogP contribution in [0.5, 0.6) is 5.88 Å². The highest BCUT2D eigenvalue weighted by atomic mass is 79.9. The highest BCUT2D eigenvalue weighted by Gasteiger charge is 2.24. The average molecular weight is 347 g/mol. The third kappa shape index (κ3) is 3.83. The van der Waals surface area contributed by atoms with E-state index in [9.17, 15) is 0 Å². The fraction of sp³-hybridized carbons (Fsp3) is 0.353.